The third-order valence-electron chi connectivity index (χ3n) is 23.2. The zero-order chi connectivity index (χ0) is 85.4. The highest BCUT2D eigenvalue weighted by molar-refractivity contribution is 6.75. The smallest absolute Gasteiger partial charge is 0.191 e. The number of hydrogen-bond acceptors (Lipinski definition) is 10. The normalized spacial score (nSPS) is 15.4. The fourth-order valence-corrected chi connectivity index (χ4v) is 16.3. The Labute approximate surface area is 699 Å². The standard InChI is InChI=1S/C100H125N5O5Si5/c1-96(2,3)111(16,17)106-46-36-26-31-41-76-51-81-61-86(56-76)91(71-101)67-82-52-77(42-32-27-37-47-107-112(18,19)97(4,5)6)58-88(62-82)93(73-103)69-84-54-79(44-34-29-39-49-109-114(22,23)99(10,11)12)60-90(64-84)95(75-105)70-85-55-80(45-35-30-40-50-110-115(24,25)100(13,14)15)59-89(65-85)94(74-104)68-83-53-78(57-87(63-83)92(66-81)72-102)43-33-28-38-48-108-113(20,21)98(7,8)9/h51-70H,26-30,36-40,46-50H2,1-25H3/b91-67+,92-66+,93-69+,94-68+,95-70+. The fourth-order valence-electron chi connectivity index (χ4n) is 10.9. The van der Waals surface area contributed by atoms with Gasteiger partial charge in [0.05, 0.1) is 58.2 Å². The van der Waals surface area contributed by atoms with E-state index in [9.17, 15) is 26.3 Å². The van der Waals surface area contributed by atoms with E-state index in [-0.39, 0.29) is 25.2 Å². The highest BCUT2D eigenvalue weighted by atomic mass is 28.4. The van der Waals surface area contributed by atoms with Crippen molar-refractivity contribution < 1.29 is 22.1 Å². The lowest BCUT2D eigenvalue weighted by molar-refractivity contribution is 0.284. The molecule has 1 aliphatic carbocycles. The molecule has 0 aromatic heterocycles. The predicted octanol–water partition coefficient (Wildman–Crippen LogP) is 26.1. The second-order valence-electron chi connectivity index (χ2n) is 37.6. The van der Waals surface area contributed by atoms with Crippen LogP contribution in [0.25, 0.3) is 58.2 Å². The van der Waals surface area contributed by atoms with Gasteiger partial charge in [0.15, 0.2) is 41.6 Å². The SMILES string of the molecule is CC(C)(C)[Si](C)(C)OCCCC#Cc1cc2cc(c1)/C(C#N)=C/c1cc(C#CCCCO[Si](C)(C)C(C)(C)C)cc(c1)/C(C#N)=C/c1cc(C#CCCCO[Si](C)(C)C(C)(C)C)cc(c1)/C(C#N)=C/c1cc(C#CCCCO[Si](C)(C)C(C)(C)C)cc(c1)/C(C#N)=C/c1cc(C#CCCCO[Si](C)(C)C(C)(C)C)cc(c1)/C(C#N)=C/2. The van der Waals surface area contributed by atoms with Gasteiger partial charge in [0, 0.05) is 93.0 Å². The second-order valence-corrected chi connectivity index (χ2v) is 61.7. The van der Waals surface area contributed by atoms with Gasteiger partial charge >= 0.3 is 0 Å². The van der Waals surface area contributed by atoms with Crippen molar-refractivity contribution in [2.75, 3.05) is 33.0 Å². The highest BCUT2D eigenvalue weighted by Crippen LogP contribution is 2.42. The molecule has 0 aliphatic heterocycles. The molecule has 0 radical (unpaired) electrons. The quantitative estimate of drug-likeness (QED) is 0.0416. The number of fused-ring (bicyclic) bond motifs is 10. The first-order valence-electron chi connectivity index (χ1n) is 40.6. The van der Waals surface area contributed by atoms with Gasteiger partial charge in [-0.25, -0.2) is 0 Å². The molecule has 115 heavy (non-hydrogen) atoms. The summed E-state index contributed by atoms with van der Waals surface area (Å²) in [6.45, 7) is 58.9. The summed E-state index contributed by atoms with van der Waals surface area (Å²) < 4.78 is 32.7. The predicted molar refractivity (Wildman–Crippen MR) is 496 cm³/mol. The molecular weight excluding hydrogens is 1490 g/mol. The first-order chi connectivity index (χ1) is 53.6. The van der Waals surface area contributed by atoms with E-state index in [1.807, 2.05) is 121 Å². The van der Waals surface area contributed by atoms with E-state index < -0.39 is 41.6 Å². The summed E-state index contributed by atoms with van der Waals surface area (Å²) in [5, 5.41) is 57.5. The van der Waals surface area contributed by atoms with Crippen LogP contribution < -0.4 is 0 Å². The van der Waals surface area contributed by atoms with Gasteiger partial charge in [-0.3, -0.25) is 0 Å². The molecule has 0 spiro atoms. The van der Waals surface area contributed by atoms with Gasteiger partial charge in [0.2, 0.25) is 0 Å². The molecule has 1 aliphatic rings. The molecule has 10 nitrogen and oxygen atoms in total. The van der Waals surface area contributed by atoms with E-state index in [1.165, 1.54) is 0 Å². The highest BCUT2D eigenvalue weighted by Gasteiger charge is 2.40. The Morgan fingerprint density at radius 2 is 0.383 bits per heavy atom. The van der Waals surface area contributed by atoms with E-state index >= 15 is 0 Å². The number of nitrogens with zero attached hydrogens (tertiary/aromatic N) is 5. The maximum absolute atomic E-state index is 11.4. The molecule has 6 rings (SSSR count). The maximum atomic E-state index is 11.4. The Bertz CT molecular complexity index is 4340. The molecule has 0 saturated carbocycles. The molecule has 0 amide bonds. The van der Waals surface area contributed by atoms with E-state index in [2.05, 4.69) is 259 Å². The van der Waals surface area contributed by atoms with Crippen LogP contribution in [-0.2, 0) is 22.1 Å². The zero-order valence-electron chi connectivity index (χ0n) is 73.9. The number of hydrogen-bond donors (Lipinski definition) is 0. The first-order valence-corrected chi connectivity index (χ1v) is 55.2. The fraction of sp³-hybridized carbons (Fsp3) is 0.450. The lowest BCUT2D eigenvalue weighted by Gasteiger charge is -2.36. The minimum atomic E-state index is -2.00. The third kappa shape index (κ3) is 29.0. The molecule has 0 saturated heterocycles. The van der Waals surface area contributed by atoms with Crippen molar-refractivity contribution in [2.24, 2.45) is 0 Å². The number of allylic oxidation sites excluding steroid dienone is 5. The van der Waals surface area contributed by atoms with Crippen molar-refractivity contribution in [3.05, 3.63) is 174 Å². The van der Waals surface area contributed by atoms with Crippen molar-refractivity contribution in [2.45, 2.75) is 259 Å². The molecule has 15 heteroatoms. The van der Waals surface area contributed by atoms with E-state index in [0.717, 1.165) is 32.1 Å². The molecular formula is C100H125N5O5Si5. The Balaban J connectivity index is 1.71. The summed E-state index contributed by atoms with van der Waals surface area (Å²) in [4.78, 5) is 0. The van der Waals surface area contributed by atoms with Crippen molar-refractivity contribution in [1.82, 2.24) is 0 Å². The monoisotopic (exact) mass is 1620 g/mol. The number of rotatable bonds is 20. The Morgan fingerprint density at radius 1 is 0.235 bits per heavy atom. The van der Waals surface area contributed by atoms with Gasteiger partial charge in [-0.1, -0.05) is 163 Å². The van der Waals surface area contributed by atoms with Crippen molar-refractivity contribution >= 4 is 99.8 Å². The third-order valence-corrected chi connectivity index (χ3v) is 45.9. The molecule has 600 valence electrons. The summed E-state index contributed by atoms with van der Waals surface area (Å²) >= 11 is 0. The maximum Gasteiger partial charge on any atom is 0.191 e. The van der Waals surface area contributed by atoms with E-state index in [4.69, 9.17) is 22.1 Å². The topological polar surface area (TPSA) is 165 Å². The summed E-state index contributed by atoms with van der Waals surface area (Å²) in [5.74, 6) is 34.1. The van der Waals surface area contributed by atoms with Crippen LogP contribution in [-0.4, -0.2) is 74.6 Å². The zero-order valence-corrected chi connectivity index (χ0v) is 78.9. The van der Waals surface area contributed by atoms with Crippen LogP contribution in [0.3, 0.4) is 0 Å². The first kappa shape index (κ1) is 94.8. The van der Waals surface area contributed by atoms with Crippen LogP contribution in [0.15, 0.2) is 91.0 Å². The minimum absolute atomic E-state index is 0.0614. The molecule has 0 fully saturated rings. The summed E-state index contributed by atoms with van der Waals surface area (Å²) in [6.07, 6.45) is 15.5. The molecule has 0 unspecified atom stereocenters. The van der Waals surface area contributed by atoms with E-state index in [0.29, 0.717) is 176 Å². The van der Waals surface area contributed by atoms with Gasteiger partial charge in [-0.2, -0.15) is 26.3 Å². The molecule has 0 atom stereocenters. The minimum Gasteiger partial charge on any atom is -0.417 e. The van der Waals surface area contributed by atoms with Crippen LogP contribution in [0.2, 0.25) is 90.7 Å². The van der Waals surface area contributed by atoms with E-state index in [1.54, 1.807) is 0 Å². The van der Waals surface area contributed by atoms with Gasteiger partial charge in [-0.05, 0) is 300 Å². The van der Waals surface area contributed by atoms with Gasteiger partial charge in [0.1, 0.15) is 0 Å². The van der Waals surface area contributed by atoms with Crippen LogP contribution >= 0.6 is 0 Å². The summed E-state index contributed by atoms with van der Waals surface area (Å²) in [7, 11) is -9.98. The number of benzene rings is 5. The Kier molecular flexibility index (Phi) is 33.9. The summed E-state index contributed by atoms with van der Waals surface area (Å²) in [6, 6.07) is 41.2. The average molecular weight is 1620 g/mol. The van der Waals surface area contributed by atoms with Crippen LogP contribution in [0.4, 0.5) is 0 Å². The summed E-state index contributed by atoms with van der Waals surface area (Å²) in [5.41, 5.74) is 10.5. The second kappa shape index (κ2) is 41.2. The van der Waals surface area contributed by atoms with Crippen LogP contribution in [0.5, 0.6) is 0 Å². The van der Waals surface area contributed by atoms with Crippen molar-refractivity contribution in [3.8, 4) is 89.6 Å². The molecule has 0 N–H and O–H groups in total. The lowest BCUT2D eigenvalue weighted by atomic mass is 9.93. The number of unbranched alkanes of at least 4 members (excludes halogenated alkanes) is 5. The van der Waals surface area contributed by atoms with Crippen LogP contribution in [0, 0.1) is 116 Å². The molecule has 0 heterocycles. The Morgan fingerprint density at radius 3 is 0.513 bits per heavy atom. The average Bonchev–Trinajstić information content (AvgIpc) is 1.16. The number of nitriles is 5. The molecule has 5 aromatic rings. The largest absolute Gasteiger partial charge is 0.417 e. The van der Waals surface area contributed by atoms with Gasteiger partial charge < -0.3 is 22.1 Å². The lowest BCUT2D eigenvalue weighted by Crippen LogP contribution is -2.40. The van der Waals surface area contributed by atoms with Crippen LogP contribution in [0.1, 0.15) is 252 Å². The Hall–Kier alpha value is -9.07. The molecule has 10 bridgehead atoms. The van der Waals surface area contributed by atoms with Gasteiger partial charge in [0.25, 0.3) is 0 Å². The van der Waals surface area contributed by atoms with Gasteiger partial charge in [-0.15, -0.1) is 0 Å². The molecule has 5 aromatic carbocycles. The van der Waals surface area contributed by atoms with Crippen molar-refractivity contribution in [1.29, 1.82) is 26.3 Å². The van der Waals surface area contributed by atoms with Crippen molar-refractivity contribution in [3.63, 3.8) is 0 Å².